The van der Waals surface area contributed by atoms with E-state index in [9.17, 15) is 4.79 Å². The largest absolute Gasteiger partial charge is 0.288 e. The molecule has 0 radical (unpaired) electrons. The van der Waals surface area contributed by atoms with Gasteiger partial charge in [0.2, 0.25) is 5.78 Å². The Bertz CT molecular complexity index is 470. The van der Waals surface area contributed by atoms with Crippen LogP contribution >= 0.6 is 22.7 Å². The molecule has 0 saturated heterocycles. The van der Waals surface area contributed by atoms with Crippen molar-refractivity contribution < 1.29 is 4.79 Å². The predicted molar refractivity (Wildman–Crippen MR) is 59.3 cm³/mol. The van der Waals surface area contributed by atoms with Crippen molar-refractivity contribution in [3.63, 3.8) is 0 Å². The Labute approximate surface area is 90.2 Å². The summed E-state index contributed by atoms with van der Waals surface area (Å²) in [5.41, 5.74) is 3.31. The monoisotopic (exact) mass is 223 g/mol. The number of carbonyl (C=O) groups excluding carboxylic acids is 1. The molecule has 0 amide bonds. The van der Waals surface area contributed by atoms with E-state index in [1.807, 2.05) is 25.3 Å². The molecule has 0 unspecified atom stereocenters. The van der Waals surface area contributed by atoms with Crippen LogP contribution in [0.15, 0.2) is 17.0 Å². The first-order chi connectivity index (χ1) is 6.68. The summed E-state index contributed by atoms with van der Waals surface area (Å²) in [6.07, 6.45) is 0. The number of thiophene rings is 1. The molecule has 14 heavy (non-hydrogen) atoms. The zero-order valence-electron chi connectivity index (χ0n) is 7.90. The molecule has 0 saturated carbocycles. The zero-order valence-corrected chi connectivity index (χ0v) is 9.54. The number of hydrogen-bond donors (Lipinski definition) is 0. The van der Waals surface area contributed by atoms with E-state index in [-0.39, 0.29) is 5.78 Å². The SMILES string of the molecule is Cc1cc(C(=O)c2scnc2C)cs1. The van der Waals surface area contributed by atoms with Crippen molar-refractivity contribution >= 4 is 28.5 Å². The third-order valence-electron chi connectivity index (χ3n) is 1.94. The molecule has 0 aliphatic carbocycles. The van der Waals surface area contributed by atoms with E-state index >= 15 is 0 Å². The van der Waals surface area contributed by atoms with Crippen molar-refractivity contribution in [2.75, 3.05) is 0 Å². The van der Waals surface area contributed by atoms with E-state index in [1.54, 1.807) is 16.8 Å². The lowest BCUT2D eigenvalue weighted by molar-refractivity contribution is 0.104. The Morgan fingerprint density at radius 1 is 1.36 bits per heavy atom. The van der Waals surface area contributed by atoms with Crippen molar-refractivity contribution in [2.24, 2.45) is 0 Å². The van der Waals surface area contributed by atoms with Gasteiger partial charge in [0.15, 0.2) is 0 Å². The minimum atomic E-state index is 0.0920. The average Bonchev–Trinajstić information content (AvgIpc) is 2.73. The highest BCUT2D eigenvalue weighted by molar-refractivity contribution is 7.12. The second kappa shape index (κ2) is 3.63. The summed E-state index contributed by atoms with van der Waals surface area (Å²) in [5, 5.41) is 1.90. The van der Waals surface area contributed by atoms with Gasteiger partial charge in [-0.05, 0) is 19.9 Å². The molecule has 72 valence electrons. The van der Waals surface area contributed by atoms with Gasteiger partial charge in [0.1, 0.15) is 0 Å². The first-order valence-corrected chi connectivity index (χ1v) is 5.94. The summed E-state index contributed by atoms with van der Waals surface area (Å²) in [4.78, 5) is 17.9. The fourth-order valence-corrected chi connectivity index (χ4v) is 2.66. The molecule has 0 atom stereocenters. The van der Waals surface area contributed by atoms with E-state index in [4.69, 9.17) is 0 Å². The Hall–Kier alpha value is -1.000. The van der Waals surface area contributed by atoms with Crippen molar-refractivity contribution in [2.45, 2.75) is 13.8 Å². The maximum Gasteiger partial charge on any atom is 0.205 e. The number of aryl methyl sites for hydroxylation is 2. The molecule has 2 rings (SSSR count). The van der Waals surface area contributed by atoms with Gasteiger partial charge in [-0.2, -0.15) is 0 Å². The third kappa shape index (κ3) is 1.63. The number of thiazole rings is 1. The lowest BCUT2D eigenvalue weighted by atomic mass is 10.1. The molecule has 0 aliphatic heterocycles. The highest BCUT2D eigenvalue weighted by atomic mass is 32.1. The maximum atomic E-state index is 11.9. The minimum absolute atomic E-state index is 0.0920. The molecule has 0 spiro atoms. The van der Waals surface area contributed by atoms with Gasteiger partial charge in [-0.15, -0.1) is 22.7 Å². The van der Waals surface area contributed by atoms with E-state index in [1.165, 1.54) is 11.3 Å². The highest BCUT2D eigenvalue weighted by Crippen LogP contribution is 2.21. The van der Waals surface area contributed by atoms with Gasteiger partial charge < -0.3 is 0 Å². The third-order valence-corrected chi connectivity index (χ3v) is 3.73. The van der Waals surface area contributed by atoms with Crippen LogP contribution in [0.3, 0.4) is 0 Å². The van der Waals surface area contributed by atoms with Gasteiger partial charge in [-0.25, -0.2) is 4.98 Å². The van der Waals surface area contributed by atoms with Crippen LogP contribution in [0.25, 0.3) is 0 Å². The molecule has 0 bridgehead atoms. The summed E-state index contributed by atoms with van der Waals surface area (Å²) in [7, 11) is 0. The number of carbonyl (C=O) groups is 1. The summed E-state index contributed by atoms with van der Waals surface area (Å²) >= 11 is 3.00. The Morgan fingerprint density at radius 3 is 2.64 bits per heavy atom. The van der Waals surface area contributed by atoms with Crippen molar-refractivity contribution in [3.8, 4) is 0 Å². The average molecular weight is 223 g/mol. The van der Waals surface area contributed by atoms with E-state index in [0.717, 1.165) is 21.0 Å². The number of ketones is 1. The zero-order chi connectivity index (χ0) is 10.1. The van der Waals surface area contributed by atoms with Crippen LogP contribution in [0.4, 0.5) is 0 Å². The van der Waals surface area contributed by atoms with Crippen LogP contribution in [0.2, 0.25) is 0 Å². The molecule has 2 aromatic rings. The Morgan fingerprint density at radius 2 is 2.14 bits per heavy atom. The van der Waals surface area contributed by atoms with Crippen LogP contribution in [0.1, 0.15) is 25.8 Å². The van der Waals surface area contributed by atoms with Crippen LogP contribution in [0.5, 0.6) is 0 Å². The van der Waals surface area contributed by atoms with Crippen molar-refractivity contribution in [3.05, 3.63) is 38.0 Å². The topological polar surface area (TPSA) is 30.0 Å². The van der Waals surface area contributed by atoms with Crippen LogP contribution < -0.4 is 0 Å². The Kier molecular flexibility index (Phi) is 2.48. The first-order valence-electron chi connectivity index (χ1n) is 4.18. The van der Waals surface area contributed by atoms with E-state index in [2.05, 4.69) is 4.98 Å². The van der Waals surface area contributed by atoms with Gasteiger partial charge in [-0.1, -0.05) is 0 Å². The quantitative estimate of drug-likeness (QED) is 0.732. The summed E-state index contributed by atoms with van der Waals surface area (Å²) in [5.74, 6) is 0.0920. The van der Waals surface area contributed by atoms with Crippen LogP contribution in [-0.4, -0.2) is 10.8 Å². The summed E-state index contributed by atoms with van der Waals surface area (Å²) < 4.78 is 0. The standard InChI is InChI=1S/C10H9NOS2/c1-6-3-8(4-13-6)9(12)10-7(2)11-5-14-10/h3-5H,1-2H3. The molecule has 0 fully saturated rings. The van der Waals surface area contributed by atoms with E-state index in [0.29, 0.717) is 0 Å². The van der Waals surface area contributed by atoms with Gasteiger partial charge in [0.05, 0.1) is 16.1 Å². The molecule has 4 heteroatoms. The lowest BCUT2D eigenvalue weighted by Gasteiger charge is -1.93. The van der Waals surface area contributed by atoms with Crippen molar-refractivity contribution in [1.82, 2.24) is 4.98 Å². The summed E-state index contributed by atoms with van der Waals surface area (Å²) in [6, 6.07) is 1.92. The fraction of sp³-hybridized carbons (Fsp3) is 0.200. The van der Waals surface area contributed by atoms with Gasteiger partial charge in [0, 0.05) is 15.8 Å². The minimum Gasteiger partial charge on any atom is -0.288 e. The molecular formula is C10H9NOS2. The van der Waals surface area contributed by atoms with Crippen molar-refractivity contribution in [1.29, 1.82) is 0 Å². The molecular weight excluding hydrogens is 214 g/mol. The highest BCUT2D eigenvalue weighted by Gasteiger charge is 2.14. The van der Waals surface area contributed by atoms with Gasteiger partial charge in [0.25, 0.3) is 0 Å². The molecule has 0 aliphatic rings. The van der Waals surface area contributed by atoms with E-state index < -0.39 is 0 Å². The number of aromatic nitrogens is 1. The number of rotatable bonds is 2. The summed E-state index contributed by atoms with van der Waals surface area (Å²) in [6.45, 7) is 3.87. The molecule has 2 aromatic heterocycles. The second-order valence-corrected chi connectivity index (χ2v) is 5.01. The molecule has 0 N–H and O–H groups in total. The predicted octanol–water partition coefficient (Wildman–Crippen LogP) is 3.05. The molecule has 2 heterocycles. The fourth-order valence-electron chi connectivity index (χ4n) is 1.21. The lowest BCUT2D eigenvalue weighted by Crippen LogP contribution is -1.98. The Balaban J connectivity index is 2.38. The maximum absolute atomic E-state index is 11.9. The number of nitrogens with zero attached hydrogens (tertiary/aromatic N) is 1. The smallest absolute Gasteiger partial charge is 0.205 e. The number of hydrogen-bond acceptors (Lipinski definition) is 4. The second-order valence-electron chi connectivity index (χ2n) is 3.04. The van der Waals surface area contributed by atoms with Crippen LogP contribution in [-0.2, 0) is 0 Å². The molecule has 0 aromatic carbocycles. The van der Waals surface area contributed by atoms with Gasteiger partial charge >= 0.3 is 0 Å². The first kappa shape index (κ1) is 9.55. The normalized spacial score (nSPS) is 10.4. The van der Waals surface area contributed by atoms with Crippen LogP contribution in [0, 0.1) is 13.8 Å². The molecule has 2 nitrogen and oxygen atoms in total. The van der Waals surface area contributed by atoms with Gasteiger partial charge in [-0.3, -0.25) is 4.79 Å².